The van der Waals surface area contributed by atoms with Gasteiger partial charge in [-0.2, -0.15) is 0 Å². The maximum absolute atomic E-state index is 12.5. The predicted octanol–water partition coefficient (Wildman–Crippen LogP) is 1.73. The van der Waals surface area contributed by atoms with Gasteiger partial charge in [-0.25, -0.2) is 12.7 Å². The van der Waals surface area contributed by atoms with Gasteiger partial charge in [0.05, 0.1) is 4.90 Å². The summed E-state index contributed by atoms with van der Waals surface area (Å²) in [6, 6.07) is 4.90. The first-order chi connectivity index (χ1) is 9.73. The lowest BCUT2D eigenvalue weighted by Crippen LogP contribution is -2.29. The van der Waals surface area contributed by atoms with E-state index < -0.39 is 10.0 Å². The van der Waals surface area contributed by atoms with Gasteiger partial charge in [-0.05, 0) is 37.0 Å². The Hall–Kier alpha value is -1.40. The smallest absolute Gasteiger partial charge is 0.253 e. The highest BCUT2D eigenvalue weighted by Gasteiger charge is 2.26. The van der Waals surface area contributed by atoms with Crippen LogP contribution in [0.25, 0.3) is 0 Å². The van der Waals surface area contributed by atoms with Crippen molar-refractivity contribution in [1.82, 2.24) is 9.21 Å². The first-order valence-electron chi connectivity index (χ1n) is 7.06. The highest BCUT2D eigenvalue weighted by Crippen LogP contribution is 2.23. The number of hydrogen-bond donors (Lipinski definition) is 0. The average molecular weight is 310 g/mol. The van der Waals surface area contributed by atoms with Crippen LogP contribution in [0.2, 0.25) is 0 Å². The van der Waals surface area contributed by atoms with Crippen LogP contribution in [-0.2, 0) is 10.0 Å². The summed E-state index contributed by atoms with van der Waals surface area (Å²) in [7, 11) is -0.552. The molecule has 21 heavy (non-hydrogen) atoms. The van der Waals surface area contributed by atoms with E-state index in [1.165, 1.54) is 24.5 Å². The molecule has 5 nitrogen and oxygen atoms in total. The Balaban J connectivity index is 2.37. The minimum Gasteiger partial charge on any atom is -0.338 e. The number of amides is 1. The van der Waals surface area contributed by atoms with Gasteiger partial charge in [0.2, 0.25) is 10.0 Å². The monoisotopic (exact) mass is 310 g/mol. The third-order valence-electron chi connectivity index (χ3n) is 3.90. The lowest BCUT2D eigenvalue weighted by atomic mass is 10.1. The number of sulfonamides is 1. The van der Waals surface area contributed by atoms with Gasteiger partial charge < -0.3 is 4.90 Å². The number of likely N-dealkylation sites (tertiary alicyclic amines) is 1. The fourth-order valence-electron chi connectivity index (χ4n) is 2.51. The molecule has 0 aromatic heterocycles. The Morgan fingerprint density at radius 3 is 2.52 bits per heavy atom. The zero-order valence-electron chi connectivity index (χ0n) is 13.0. The minimum atomic E-state index is -3.54. The molecule has 1 heterocycles. The molecule has 1 fully saturated rings. The summed E-state index contributed by atoms with van der Waals surface area (Å²) >= 11 is 0. The van der Waals surface area contributed by atoms with E-state index in [0.717, 1.165) is 19.5 Å². The van der Waals surface area contributed by atoms with E-state index in [4.69, 9.17) is 0 Å². The van der Waals surface area contributed by atoms with Crippen LogP contribution in [-0.4, -0.2) is 50.7 Å². The van der Waals surface area contributed by atoms with Crippen molar-refractivity contribution in [3.8, 4) is 0 Å². The molecule has 0 aliphatic carbocycles. The highest BCUT2D eigenvalue weighted by molar-refractivity contribution is 7.89. The van der Waals surface area contributed by atoms with Gasteiger partial charge in [-0.3, -0.25) is 4.79 Å². The molecule has 6 heteroatoms. The van der Waals surface area contributed by atoms with E-state index in [2.05, 4.69) is 6.92 Å². The Kier molecular flexibility index (Phi) is 4.39. The zero-order chi connectivity index (χ0) is 15.8. The van der Waals surface area contributed by atoms with E-state index in [1.54, 1.807) is 24.0 Å². The van der Waals surface area contributed by atoms with Gasteiger partial charge >= 0.3 is 0 Å². The second kappa shape index (κ2) is 5.77. The summed E-state index contributed by atoms with van der Waals surface area (Å²) in [5.41, 5.74) is 1.09. The van der Waals surface area contributed by atoms with Crippen molar-refractivity contribution in [2.24, 2.45) is 5.92 Å². The lowest BCUT2D eigenvalue weighted by Gasteiger charge is -2.18. The molecule has 1 aliphatic rings. The van der Waals surface area contributed by atoms with Crippen molar-refractivity contribution in [1.29, 1.82) is 0 Å². The third-order valence-corrected chi connectivity index (χ3v) is 5.86. The first kappa shape index (κ1) is 16.0. The van der Waals surface area contributed by atoms with Crippen LogP contribution in [0.4, 0.5) is 0 Å². The van der Waals surface area contributed by atoms with Crippen LogP contribution in [0.5, 0.6) is 0 Å². The average Bonchev–Trinajstić information content (AvgIpc) is 2.84. The molecule has 0 N–H and O–H groups in total. The number of rotatable bonds is 3. The highest BCUT2D eigenvalue weighted by atomic mass is 32.2. The molecular formula is C15H22N2O3S. The van der Waals surface area contributed by atoms with Gasteiger partial charge in [0.1, 0.15) is 0 Å². The van der Waals surface area contributed by atoms with Gasteiger partial charge in [0.15, 0.2) is 0 Å². The quantitative estimate of drug-likeness (QED) is 0.854. The predicted molar refractivity (Wildman–Crippen MR) is 81.7 cm³/mol. The molecule has 1 saturated heterocycles. The Labute approximate surface area is 126 Å². The van der Waals surface area contributed by atoms with Gasteiger partial charge in [0.25, 0.3) is 5.91 Å². The molecule has 1 aliphatic heterocycles. The largest absolute Gasteiger partial charge is 0.338 e. The second-order valence-corrected chi connectivity index (χ2v) is 8.03. The molecule has 0 spiro atoms. The normalized spacial score (nSPS) is 19.3. The van der Waals surface area contributed by atoms with E-state index in [9.17, 15) is 13.2 Å². The van der Waals surface area contributed by atoms with Crippen molar-refractivity contribution in [2.75, 3.05) is 27.2 Å². The third kappa shape index (κ3) is 3.11. The van der Waals surface area contributed by atoms with Crippen LogP contribution < -0.4 is 0 Å². The first-order valence-corrected chi connectivity index (χ1v) is 8.50. The molecule has 1 aromatic rings. The van der Waals surface area contributed by atoms with Crippen LogP contribution in [0, 0.1) is 12.8 Å². The maximum Gasteiger partial charge on any atom is 0.253 e. The fourth-order valence-corrected chi connectivity index (χ4v) is 3.65. The molecule has 0 saturated carbocycles. The fraction of sp³-hybridized carbons (Fsp3) is 0.533. The number of carbonyl (C=O) groups excluding carboxylic acids is 1. The number of hydrogen-bond acceptors (Lipinski definition) is 3. The number of aryl methyl sites for hydroxylation is 1. The Bertz CT molecular complexity index is 653. The van der Waals surface area contributed by atoms with Crippen LogP contribution in [0.15, 0.2) is 23.1 Å². The number of carbonyl (C=O) groups is 1. The molecular weight excluding hydrogens is 288 g/mol. The van der Waals surface area contributed by atoms with Crippen LogP contribution in [0.3, 0.4) is 0 Å². The van der Waals surface area contributed by atoms with E-state index >= 15 is 0 Å². The standard InChI is InChI=1S/C15H22N2O3S/c1-11-7-8-17(10-11)15(18)13-6-5-12(2)14(9-13)21(19,20)16(3)4/h5-6,9,11H,7-8,10H2,1-4H3. The van der Waals surface area contributed by atoms with Crippen molar-refractivity contribution >= 4 is 15.9 Å². The SMILES string of the molecule is Cc1ccc(C(=O)N2CCC(C)C2)cc1S(=O)(=O)N(C)C. The molecule has 2 rings (SSSR count). The Morgan fingerprint density at radius 2 is 2.00 bits per heavy atom. The van der Waals surface area contributed by atoms with Gasteiger partial charge in [0, 0.05) is 32.7 Å². The maximum atomic E-state index is 12.5. The second-order valence-electron chi connectivity index (χ2n) is 5.91. The summed E-state index contributed by atoms with van der Waals surface area (Å²) in [5.74, 6) is 0.416. The number of benzene rings is 1. The summed E-state index contributed by atoms with van der Waals surface area (Å²) in [6.45, 7) is 5.33. The van der Waals surface area contributed by atoms with Crippen molar-refractivity contribution in [2.45, 2.75) is 25.2 Å². The minimum absolute atomic E-state index is 0.0884. The lowest BCUT2D eigenvalue weighted by molar-refractivity contribution is 0.0788. The summed E-state index contributed by atoms with van der Waals surface area (Å²) in [6.07, 6.45) is 1.00. The van der Waals surface area contributed by atoms with E-state index in [-0.39, 0.29) is 10.8 Å². The van der Waals surface area contributed by atoms with Crippen molar-refractivity contribution in [3.63, 3.8) is 0 Å². The summed E-state index contributed by atoms with van der Waals surface area (Å²) in [5, 5.41) is 0. The molecule has 1 amide bonds. The molecule has 116 valence electrons. The molecule has 1 unspecified atom stereocenters. The van der Waals surface area contributed by atoms with Gasteiger partial charge in [-0.1, -0.05) is 13.0 Å². The number of nitrogens with zero attached hydrogens (tertiary/aromatic N) is 2. The van der Waals surface area contributed by atoms with E-state index in [1.807, 2.05) is 0 Å². The summed E-state index contributed by atoms with van der Waals surface area (Å²) in [4.78, 5) is 14.5. The van der Waals surface area contributed by atoms with E-state index in [0.29, 0.717) is 17.0 Å². The molecule has 0 radical (unpaired) electrons. The molecule has 0 bridgehead atoms. The van der Waals surface area contributed by atoms with Crippen LogP contribution >= 0.6 is 0 Å². The van der Waals surface area contributed by atoms with Crippen molar-refractivity contribution < 1.29 is 13.2 Å². The Morgan fingerprint density at radius 1 is 1.33 bits per heavy atom. The molecule has 1 aromatic carbocycles. The molecule has 1 atom stereocenters. The van der Waals surface area contributed by atoms with Gasteiger partial charge in [-0.15, -0.1) is 0 Å². The van der Waals surface area contributed by atoms with Crippen molar-refractivity contribution in [3.05, 3.63) is 29.3 Å². The van der Waals surface area contributed by atoms with Crippen LogP contribution in [0.1, 0.15) is 29.3 Å². The zero-order valence-corrected chi connectivity index (χ0v) is 13.8. The topological polar surface area (TPSA) is 57.7 Å². The summed E-state index contributed by atoms with van der Waals surface area (Å²) < 4.78 is 25.8.